The minimum atomic E-state index is 0.142. The van der Waals surface area contributed by atoms with Crippen molar-refractivity contribution in [2.45, 2.75) is 59.4 Å². The smallest absolute Gasteiger partial charge is 0.225 e. The van der Waals surface area contributed by atoms with Gasteiger partial charge in [0.25, 0.3) is 0 Å². The molecule has 3 heteroatoms. The van der Waals surface area contributed by atoms with Gasteiger partial charge in [0.2, 0.25) is 5.91 Å². The van der Waals surface area contributed by atoms with Crippen molar-refractivity contribution in [1.82, 2.24) is 10.2 Å². The molecule has 1 fully saturated rings. The van der Waals surface area contributed by atoms with E-state index in [0.717, 1.165) is 32.5 Å². The molecule has 0 aromatic rings. The second-order valence-electron chi connectivity index (χ2n) is 5.96. The fraction of sp³-hybridized carbons (Fsp3) is 0.933. The molecule has 0 spiro atoms. The molecule has 2 atom stereocenters. The summed E-state index contributed by atoms with van der Waals surface area (Å²) in [5, 5.41) is 3.49. The molecule has 3 nitrogen and oxygen atoms in total. The number of hydrogen-bond acceptors (Lipinski definition) is 2. The Balaban J connectivity index is 2.55. The predicted octanol–water partition coefficient (Wildman–Crippen LogP) is 2.66. The summed E-state index contributed by atoms with van der Waals surface area (Å²) in [6.07, 6.45) is 4.73. The van der Waals surface area contributed by atoms with Crippen molar-refractivity contribution in [3.05, 3.63) is 0 Å². The van der Waals surface area contributed by atoms with Crippen molar-refractivity contribution in [2.75, 3.05) is 19.6 Å². The average Bonchev–Trinajstić information content (AvgIpc) is 2.85. The first-order valence-corrected chi connectivity index (χ1v) is 7.58. The first-order valence-electron chi connectivity index (χ1n) is 7.58. The topological polar surface area (TPSA) is 32.3 Å². The lowest BCUT2D eigenvalue weighted by atomic mass is 9.96. The third kappa shape index (κ3) is 4.60. The van der Waals surface area contributed by atoms with Crippen molar-refractivity contribution in [3.63, 3.8) is 0 Å². The van der Waals surface area contributed by atoms with Gasteiger partial charge in [-0.25, -0.2) is 0 Å². The van der Waals surface area contributed by atoms with Gasteiger partial charge in [0.15, 0.2) is 0 Å². The number of carbonyl (C=O) groups excluding carboxylic acids is 1. The summed E-state index contributed by atoms with van der Waals surface area (Å²) in [6, 6.07) is 0.519. The van der Waals surface area contributed by atoms with Crippen LogP contribution in [0.5, 0.6) is 0 Å². The fourth-order valence-corrected chi connectivity index (χ4v) is 2.39. The average molecular weight is 254 g/mol. The van der Waals surface area contributed by atoms with Gasteiger partial charge in [0.1, 0.15) is 0 Å². The number of carbonyl (C=O) groups is 1. The minimum Gasteiger partial charge on any atom is -0.341 e. The number of amides is 1. The number of hydrogen-bond donors (Lipinski definition) is 1. The van der Waals surface area contributed by atoms with E-state index < -0.39 is 0 Å². The highest BCUT2D eigenvalue weighted by Gasteiger charge is 2.25. The summed E-state index contributed by atoms with van der Waals surface area (Å²) >= 11 is 0. The van der Waals surface area contributed by atoms with Gasteiger partial charge in [0, 0.05) is 25.0 Å². The quantitative estimate of drug-likeness (QED) is 0.757. The number of nitrogens with zero attached hydrogens (tertiary/aromatic N) is 1. The molecule has 1 heterocycles. The zero-order valence-electron chi connectivity index (χ0n) is 12.5. The molecule has 0 bridgehead atoms. The molecule has 2 unspecified atom stereocenters. The Morgan fingerprint density at radius 2 is 2.11 bits per heavy atom. The maximum atomic E-state index is 12.5. The Hall–Kier alpha value is -0.570. The zero-order chi connectivity index (χ0) is 13.5. The molecule has 0 aromatic heterocycles. The highest BCUT2D eigenvalue weighted by molar-refractivity contribution is 5.78. The van der Waals surface area contributed by atoms with E-state index in [1.165, 1.54) is 12.8 Å². The molecule has 106 valence electrons. The Kier molecular flexibility index (Phi) is 6.69. The van der Waals surface area contributed by atoms with Gasteiger partial charge in [-0.3, -0.25) is 4.79 Å². The van der Waals surface area contributed by atoms with Crippen LogP contribution in [0.2, 0.25) is 0 Å². The molecule has 0 saturated carbocycles. The predicted molar refractivity (Wildman–Crippen MR) is 76.5 cm³/mol. The van der Waals surface area contributed by atoms with Crippen LogP contribution < -0.4 is 5.32 Å². The normalized spacial score (nSPS) is 21.3. The monoisotopic (exact) mass is 254 g/mol. The molecule has 18 heavy (non-hydrogen) atoms. The van der Waals surface area contributed by atoms with E-state index in [1.54, 1.807) is 0 Å². The van der Waals surface area contributed by atoms with Crippen LogP contribution in [0.25, 0.3) is 0 Å². The van der Waals surface area contributed by atoms with E-state index in [9.17, 15) is 4.79 Å². The highest BCUT2D eigenvalue weighted by atomic mass is 16.2. The maximum absolute atomic E-state index is 12.5. The van der Waals surface area contributed by atoms with Crippen LogP contribution in [0.3, 0.4) is 0 Å². The van der Waals surface area contributed by atoms with Crippen molar-refractivity contribution >= 4 is 5.91 Å². The van der Waals surface area contributed by atoms with Gasteiger partial charge in [-0.05, 0) is 31.7 Å². The van der Waals surface area contributed by atoms with Gasteiger partial charge >= 0.3 is 0 Å². The van der Waals surface area contributed by atoms with Gasteiger partial charge in [-0.1, -0.05) is 34.1 Å². The lowest BCUT2D eigenvalue weighted by Gasteiger charge is -2.29. The van der Waals surface area contributed by atoms with Gasteiger partial charge in [-0.15, -0.1) is 0 Å². The van der Waals surface area contributed by atoms with E-state index >= 15 is 0 Å². The lowest BCUT2D eigenvalue weighted by Crippen LogP contribution is -2.44. The van der Waals surface area contributed by atoms with Crippen LogP contribution >= 0.6 is 0 Å². The molecule has 0 aromatic carbocycles. The molecule has 0 aliphatic carbocycles. The van der Waals surface area contributed by atoms with Crippen LogP contribution in [0.4, 0.5) is 0 Å². The van der Waals surface area contributed by atoms with Crippen molar-refractivity contribution in [1.29, 1.82) is 0 Å². The van der Waals surface area contributed by atoms with Crippen LogP contribution in [-0.4, -0.2) is 36.5 Å². The molecule has 1 amide bonds. The van der Waals surface area contributed by atoms with E-state index in [2.05, 4.69) is 37.9 Å². The minimum absolute atomic E-state index is 0.142. The highest BCUT2D eigenvalue weighted by Crippen LogP contribution is 2.16. The number of unbranched alkanes of at least 4 members (excludes halogenated alkanes) is 1. The van der Waals surface area contributed by atoms with Crippen LogP contribution in [0.1, 0.15) is 53.4 Å². The largest absolute Gasteiger partial charge is 0.341 e. The molecule has 1 aliphatic heterocycles. The SMILES string of the molecule is CCCCN(CC1CCCN1)C(=O)C(C)C(C)C. The first kappa shape index (κ1) is 15.5. The van der Waals surface area contributed by atoms with Crippen molar-refractivity contribution in [2.24, 2.45) is 11.8 Å². The Morgan fingerprint density at radius 3 is 2.61 bits per heavy atom. The summed E-state index contributed by atoms with van der Waals surface area (Å²) in [5.74, 6) is 0.911. The second kappa shape index (κ2) is 7.78. The van der Waals surface area contributed by atoms with Crippen LogP contribution in [0.15, 0.2) is 0 Å². The third-order valence-corrected chi connectivity index (χ3v) is 4.09. The van der Waals surface area contributed by atoms with E-state index in [1.807, 2.05) is 0 Å². The van der Waals surface area contributed by atoms with Gasteiger partial charge < -0.3 is 10.2 Å². The summed E-state index contributed by atoms with van der Waals surface area (Å²) < 4.78 is 0. The van der Waals surface area contributed by atoms with Crippen molar-refractivity contribution in [3.8, 4) is 0 Å². The standard InChI is InChI=1S/C15H30N2O/c1-5-6-10-17(11-14-8-7-9-16-14)15(18)13(4)12(2)3/h12-14,16H,5-11H2,1-4H3. The van der Waals surface area contributed by atoms with Crippen LogP contribution in [0, 0.1) is 11.8 Å². The van der Waals surface area contributed by atoms with Gasteiger partial charge in [-0.2, -0.15) is 0 Å². The molecule has 1 rings (SSSR count). The molecular formula is C15H30N2O. The molecule has 1 aliphatic rings. The molecule has 1 saturated heterocycles. The maximum Gasteiger partial charge on any atom is 0.225 e. The number of rotatable bonds is 7. The Bertz CT molecular complexity index is 247. The second-order valence-corrected chi connectivity index (χ2v) is 5.96. The van der Waals surface area contributed by atoms with E-state index in [0.29, 0.717) is 17.9 Å². The van der Waals surface area contributed by atoms with Gasteiger partial charge in [0.05, 0.1) is 0 Å². The van der Waals surface area contributed by atoms with E-state index in [4.69, 9.17) is 0 Å². The zero-order valence-corrected chi connectivity index (χ0v) is 12.5. The fourth-order valence-electron chi connectivity index (χ4n) is 2.39. The van der Waals surface area contributed by atoms with Crippen LogP contribution in [-0.2, 0) is 4.79 Å². The summed E-state index contributed by atoms with van der Waals surface area (Å²) in [6.45, 7) is 11.4. The molecule has 1 N–H and O–H groups in total. The third-order valence-electron chi connectivity index (χ3n) is 4.09. The Morgan fingerprint density at radius 1 is 1.39 bits per heavy atom. The summed E-state index contributed by atoms with van der Waals surface area (Å²) in [7, 11) is 0. The Labute approximate surface area is 112 Å². The number of nitrogens with one attached hydrogen (secondary N) is 1. The lowest BCUT2D eigenvalue weighted by molar-refractivity contribution is -0.136. The first-order chi connectivity index (χ1) is 8.56. The van der Waals surface area contributed by atoms with E-state index in [-0.39, 0.29) is 5.92 Å². The molecular weight excluding hydrogens is 224 g/mol. The molecule has 0 radical (unpaired) electrons. The summed E-state index contributed by atoms with van der Waals surface area (Å²) in [5.41, 5.74) is 0. The summed E-state index contributed by atoms with van der Waals surface area (Å²) in [4.78, 5) is 14.6. The van der Waals surface area contributed by atoms with Crippen molar-refractivity contribution < 1.29 is 4.79 Å².